The van der Waals surface area contributed by atoms with E-state index >= 15 is 0 Å². The molecule has 0 saturated carbocycles. The highest BCUT2D eigenvalue weighted by atomic mass is 16.4. The maximum atomic E-state index is 10.7. The number of aromatic amines is 1. The summed E-state index contributed by atoms with van der Waals surface area (Å²) in [6.07, 6.45) is 0. The fourth-order valence-electron chi connectivity index (χ4n) is 1.19. The monoisotopic (exact) mass is 205 g/mol. The highest BCUT2D eigenvalue weighted by molar-refractivity contribution is 5.94. The number of nitrogens with one attached hydrogen (secondary N) is 1. The Hall–Kier alpha value is -2.44. The number of anilines is 1. The lowest BCUT2D eigenvalue weighted by Crippen LogP contribution is -2.02. The fraction of sp³-hybridized carbons (Fsp3) is 0. The number of rotatable bonds is 2. The van der Waals surface area contributed by atoms with Crippen molar-refractivity contribution < 1.29 is 9.90 Å². The molecule has 7 nitrogen and oxygen atoms in total. The van der Waals surface area contributed by atoms with Gasteiger partial charge in [0.15, 0.2) is 5.82 Å². The van der Waals surface area contributed by atoms with Gasteiger partial charge in [-0.2, -0.15) is 0 Å². The maximum absolute atomic E-state index is 10.7. The largest absolute Gasteiger partial charge is 0.478 e. The molecular weight excluding hydrogens is 198 g/mol. The molecule has 0 aliphatic heterocycles. The van der Waals surface area contributed by atoms with Crippen molar-refractivity contribution in [1.82, 2.24) is 20.6 Å². The molecular formula is C8H7N5O2. The van der Waals surface area contributed by atoms with E-state index in [2.05, 4.69) is 20.6 Å². The minimum atomic E-state index is -1.06. The number of aromatic nitrogens is 4. The summed E-state index contributed by atoms with van der Waals surface area (Å²) in [4.78, 5) is 10.7. The molecule has 0 aliphatic carbocycles. The van der Waals surface area contributed by atoms with Crippen LogP contribution in [0.3, 0.4) is 0 Å². The third-order valence-electron chi connectivity index (χ3n) is 1.90. The Bertz CT molecular complexity index is 494. The smallest absolute Gasteiger partial charge is 0.337 e. The molecule has 2 aromatic rings. The number of carbonyl (C=O) groups is 1. The van der Waals surface area contributed by atoms with Gasteiger partial charge in [0.25, 0.3) is 0 Å². The van der Waals surface area contributed by atoms with Gasteiger partial charge in [-0.1, -0.05) is 6.07 Å². The number of nitrogens with two attached hydrogens (primary N) is 1. The van der Waals surface area contributed by atoms with Crippen LogP contribution in [0.2, 0.25) is 0 Å². The molecule has 15 heavy (non-hydrogen) atoms. The molecule has 0 fully saturated rings. The van der Waals surface area contributed by atoms with E-state index in [1.165, 1.54) is 12.1 Å². The average Bonchev–Trinajstić information content (AvgIpc) is 2.69. The Morgan fingerprint density at radius 2 is 2.27 bits per heavy atom. The zero-order valence-electron chi connectivity index (χ0n) is 7.51. The number of hydrogen-bond acceptors (Lipinski definition) is 5. The van der Waals surface area contributed by atoms with Crippen LogP contribution in [-0.4, -0.2) is 31.7 Å². The molecule has 1 aromatic heterocycles. The number of nitrogen functional groups attached to an aromatic ring is 1. The topological polar surface area (TPSA) is 118 Å². The van der Waals surface area contributed by atoms with Gasteiger partial charge in [-0.05, 0) is 22.6 Å². The van der Waals surface area contributed by atoms with Gasteiger partial charge >= 0.3 is 5.97 Å². The van der Waals surface area contributed by atoms with E-state index in [1.807, 2.05) is 0 Å². The molecule has 0 amide bonds. The van der Waals surface area contributed by atoms with Crippen molar-refractivity contribution in [2.45, 2.75) is 0 Å². The number of hydrogen-bond donors (Lipinski definition) is 3. The Labute approximate surface area is 83.9 Å². The molecule has 0 aliphatic rings. The zero-order chi connectivity index (χ0) is 10.8. The lowest BCUT2D eigenvalue weighted by atomic mass is 10.1. The van der Waals surface area contributed by atoms with E-state index in [0.717, 1.165) is 0 Å². The van der Waals surface area contributed by atoms with Crippen molar-refractivity contribution in [3.8, 4) is 11.4 Å². The van der Waals surface area contributed by atoms with Gasteiger partial charge in [0.05, 0.1) is 5.56 Å². The van der Waals surface area contributed by atoms with Gasteiger partial charge in [0.2, 0.25) is 0 Å². The van der Waals surface area contributed by atoms with E-state index in [9.17, 15) is 4.79 Å². The summed E-state index contributed by atoms with van der Waals surface area (Å²) in [6.45, 7) is 0. The summed E-state index contributed by atoms with van der Waals surface area (Å²) in [5, 5.41) is 21.8. The first-order chi connectivity index (χ1) is 7.18. The number of tetrazole rings is 1. The molecule has 7 heteroatoms. The fourth-order valence-corrected chi connectivity index (χ4v) is 1.19. The van der Waals surface area contributed by atoms with Gasteiger partial charge in [-0.15, -0.1) is 5.10 Å². The summed E-state index contributed by atoms with van der Waals surface area (Å²) in [5.74, 6) is -0.617. The van der Waals surface area contributed by atoms with E-state index in [4.69, 9.17) is 10.8 Å². The van der Waals surface area contributed by atoms with Crippen molar-refractivity contribution in [3.63, 3.8) is 0 Å². The van der Waals surface area contributed by atoms with Crippen LogP contribution in [0, 0.1) is 0 Å². The van der Waals surface area contributed by atoms with Crippen molar-refractivity contribution in [1.29, 1.82) is 0 Å². The molecule has 0 unspecified atom stereocenters. The molecule has 0 spiro atoms. The van der Waals surface area contributed by atoms with Gasteiger partial charge in [-0.25, -0.2) is 9.89 Å². The second-order valence-corrected chi connectivity index (χ2v) is 2.86. The average molecular weight is 205 g/mol. The van der Waals surface area contributed by atoms with E-state index in [0.29, 0.717) is 11.4 Å². The standard InChI is InChI=1S/C8H7N5O2/c9-6-3-4(7-10-12-13-11-7)1-2-5(6)8(14)15/h1-3H,9H2,(H,14,15)(H,10,11,12,13). The van der Waals surface area contributed by atoms with E-state index < -0.39 is 5.97 Å². The number of aromatic carboxylic acids is 1. The first-order valence-corrected chi connectivity index (χ1v) is 4.05. The molecule has 1 aromatic carbocycles. The highest BCUT2D eigenvalue weighted by Gasteiger charge is 2.10. The van der Waals surface area contributed by atoms with Crippen LogP contribution >= 0.6 is 0 Å². The van der Waals surface area contributed by atoms with Crippen LogP contribution in [0.15, 0.2) is 18.2 Å². The van der Waals surface area contributed by atoms with Crippen LogP contribution in [0.4, 0.5) is 5.69 Å². The van der Waals surface area contributed by atoms with Gasteiger partial charge < -0.3 is 10.8 Å². The minimum Gasteiger partial charge on any atom is -0.478 e. The van der Waals surface area contributed by atoms with Gasteiger partial charge in [0, 0.05) is 11.3 Å². The lowest BCUT2D eigenvalue weighted by Gasteiger charge is -2.01. The summed E-state index contributed by atoms with van der Waals surface area (Å²) in [5.41, 5.74) is 6.44. The summed E-state index contributed by atoms with van der Waals surface area (Å²) < 4.78 is 0. The Balaban J connectivity index is 2.47. The van der Waals surface area contributed by atoms with E-state index in [-0.39, 0.29) is 11.3 Å². The van der Waals surface area contributed by atoms with Crippen LogP contribution in [0.1, 0.15) is 10.4 Å². The predicted octanol–water partition coefficient (Wildman–Crippen LogP) is 0.147. The zero-order valence-corrected chi connectivity index (χ0v) is 7.51. The quantitative estimate of drug-likeness (QED) is 0.600. The number of carboxylic acid groups (broad SMARTS) is 1. The first-order valence-electron chi connectivity index (χ1n) is 4.05. The van der Waals surface area contributed by atoms with Crippen LogP contribution < -0.4 is 5.73 Å². The molecule has 1 heterocycles. The Morgan fingerprint density at radius 1 is 1.47 bits per heavy atom. The Kier molecular flexibility index (Phi) is 2.05. The second-order valence-electron chi connectivity index (χ2n) is 2.86. The van der Waals surface area contributed by atoms with Crippen molar-refractivity contribution >= 4 is 11.7 Å². The number of carboxylic acids is 1. The normalized spacial score (nSPS) is 10.1. The van der Waals surface area contributed by atoms with Crippen LogP contribution in [-0.2, 0) is 0 Å². The van der Waals surface area contributed by atoms with Crippen LogP contribution in [0.25, 0.3) is 11.4 Å². The molecule has 2 rings (SSSR count). The molecule has 0 radical (unpaired) electrons. The summed E-state index contributed by atoms with van der Waals surface area (Å²) >= 11 is 0. The second kappa shape index (κ2) is 3.37. The number of benzene rings is 1. The SMILES string of the molecule is Nc1cc(-c2nnn[nH]2)ccc1C(=O)O. The lowest BCUT2D eigenvalue weighted by molar-refractivity contribution is 0.0698. The van der Waals surface area contributed by atoms with Crippen molar-refractivity contribution in [2.24, 2.45) is 0 Å². The van der Waals surface area contributed by atoms with Gasteiger partial charge in [0.1, 0.15) is 0 Å². The molecule has 0 bridgehead atoms. The maximum Gasteiger partial charge on any atom is 0.337 e. The van der Waals surface area contributed by atoms with Crippen molar-refractivity contribution in [3.05, 3.63) is 23.8 Å². The minimum absolute atomic E-state index is 0.0613. The van der Waals surface area contributed by atoms with E-state index in [1.54, 1.807) is 6.07 Å². The third-order valence-corrected chi connectivity index (χ3v) is 1.90. The Morgan fingerprint density at radius 3 is 2.80 bits per heavy atom. The molecule has 0 saturated heterocycles. The number of H-pyrrole nitrogens is 1. The third kappa shape index (κ3) is 1.62. The van der Waals surface area contributed by atoms with Gasteiger partial charge in [-0.3, -0.25) is 0 Å². The molecule has 0 atom stereocenters. The summed E-state index contributed by atoms with van der Waals surface area (Å²) in [6, 6.07) is 4.50. The first kappa shape index (κ1) is 9.13. The molecule has 76 valence electrons. The summed E-state index contributed by atoms with van der Waals surface area (Å²) in [7, 11) is 0. The molecule has 4 N–H and O–H groups in total. The predicted molar refractivity (Wildman–Crippen MR) is 51.0 cm³/mol. The van der Waals surface area contributed by atoms with Crippen molar-refractivity contribution in [2.75, 3.05) is 5.73 Å². The highest BCUT2D eigenvalue weighted by Crippen LogP contribution is 2.20. The van der Waals surface area contributed by atoms with Crippen LogP contribution in [0.5, 0.6) is 0 Å². The number of nitrogens with zero attached hydrogens (tertiary/aromatic N) is 3.